The molecule has 4 heteroatoms. The third kappa shape index (κ3) is 8.17. The molecule has 1 atom stereocenters. The zero-order chi connectivity index (χ0) is 25.4. The number of hydrogen-bond donors (Lipinski definition) is 0. The minimum absolute atomic E-state index is 0.0795. The van der Waals surface area contributed by atoms with Gasteiger partial charge < -0.3 is 14.4 Å². The molecule has 0 fully saturated rings. The summed E-state index contributed by atoms with van der Waals surface area (Å²) in [4.78, 5) is 14.4. The maximum Gasteiger partial charge on any atom is 0.219 e. The largest absolute Gasteiger partial charge is 0.491 e. The van der Waals surface area contributed by atoms with Crippen LogP contribution in [-0.2, 0) is 11.3 Å². The van der Waals surface area contributed by atoms with Gasteiger partial charge in [0, 0.05) is 25.9 Å². The highest BCUT2D eigenvalue weighted by Gasteiger charge is 2.18. The minimum Gasteiger partial charge on any atom is -0.491 e. The van der Waals surface area contributed by atoms with Crippen molar-refractivity contribution in [3.63, 3.8) is 0 Å². The first kappa shape index (κ1) is 26.3. The van der Waals surface area contributed by atoms with E-state index >= 15 is 0 Å². The average Bonchev–Trinajstić information content (AvgIpc) is 2.80. The fourth-order valence-corrected chi connectivity index (χ4v) is 4.17. The first-order chi connectivity index (χ1) is 16.7. The molecule has 0 bridgehead atoms. The first-order valence-corrected chi connectivity index (χ1v) is 12.6. The molecule has 3 aromatic carbocycles. The van der Waals surface area contributed by atoms with Crippen LogP contribution in [0.3, 0.4) is 0 Å². The molecule has 4 nitrogen and oxygen atoms in total. The van der Waals surface area contributed by atoms with E-state index in [1.807, 2.05) is 69.0 Å². The Hall–Kier alpha value is -3.27. The normalized spacial score (nSPS) is 12.0. The number of aryl methyl sites for hydroxylation is 1. The van der Waals surface area contributed by atoms with E-state index < -0.39 is 0 Å². The van der Waals surface area contributed by atoms with Crippen LogP contribution in [0.5, 0.6) is 11.5 Å². The summed E-state index contributed by atoms with van der Waals surface area (Å²) in [6.45, 7) is 13.1. The predicted molar refractivity (Wildman–Crippen MR) is 143 cm³/mol. The summed E-state index contributed by atoms with van der Waals surface area (Å²) in [6.07, 6.45) is 1.12. The minimum atomic E-state index is 0.0795. The van der Waals surface area contributed by atoms with Crippen LogP contribution >= 0.6 is 0 Å². The molecule has 0 aliphatic rings. The Labute approximate surface area is 210 Å². The molecule has 0 saturated heterocycles. The average molecular weight is 474 g/mol. The van der Waals surface area contributed by atoms with Crippen LogP contribution in [0.15, 0.2) is 72.8 Å². The fourth-order valence-electron chi connectivity index (χ4n) is 4.17. The SMILES string of the molecule is CC(=O)N(CC[C@H](c1ccc(C)cc1)c1ccc(OC(C)C)cc1)Cc1ccc(OC(C)C)cc1. The molecule has 0 N–H and O–H groups in total. The van der Waals surface area contributed by atoms with Crippen LogP contribution in [0.25, 0.3) is 0 Å². The standard InChI is InChI=1S/C31H39NO3/c1-22(2)34-29-15-9-26(10-16-29)21-32(25(6)33)20-19-31(27-11-7-24(5)8-12-27)28-13-17-30(18-14-28)35-23(3)4/h7-18,22-23,31H,19-21H2,1-6H3/t31-/m1/s1. The van der Waals surface area contributed by atoms with Crippen molar-refractivity contribution in [3.05, 3.63) is 95.1 Å². The Morgan fingerprint density at radius 2 is 1.20 bits per heavy atom. The number of amides is 1. The number of benzene rings is 3. The molecule has 0 radical (unpaired) electrons. The number of hydrogen-bond acceptors (Lipinski definition) is 3. The van der Waals surface area contributed by atoms with Crippen molar-refractivity contribution in [1.82, 2.24) is 4.90 Å². The summed E-state index contributed by atoms with van der Waals surface area (Å²) in [6, 6.07) is 25.1. The first-order valence-electron chi connectivity index (χ1n) is 12.6. The van der Waals surface area contributed by atoms with E-state index in [9.17, 15) is 4.79 Å². The summed E-state index contributed by atoms with van der Waals surface area (Å²) >= 11 is 0. The van der Waals surface area contributed by atoms with E-state index in [1.165, 1.54) is 16.7 Å². The topological polar surface area (TPSA) is 38.8 Å². The predicted octanol–water partition coefficient (Wildman–Crippen LogP) is 7.14. The highest BCUT2D eigenvalue weighted by Crippen LogP contribution is 2.30. The lowest BCUT2D eigenvalue weighted by Gasteiger charge is -2.25. The van der Waals surface area contributed by atoms with Crippen LogP contribution in [0, 0.1) is 6.92 Å². The van der Waals surface area contributed by atoms with Crippen molar-refractivity contribution in [2.75, 3.05) is 6.54 Å². The summed E-state index contributed by atoms with van der Waals surface area (Å²) in [5.41, 5.74) is 4.82. The van der Waals surface area contributed by atoms with Crippen molar-refractivity contribution in [3.8, 4) is 11.5 Å². The van der Waals surface area contributed by atoms with E-state index in [0.29, 0.717) is 13.1 Å². The summed E-state index contributed by atoms with van der Waals surface area (Å²) in [5, 5.41) is 0. The molecule has 3 aromatic rings. The second kappa shape index (κ2) is 12.4. The van der Waals surface area contributed by atoms with Crippen LogP contribution in [-0.4, -0.2) is 29.6 Å². The molecule has 0 unspecified atom stereocenters. The molecule has 0 spiro atoms. The Kier molecular flexibility index (Phi) is 9.36. The van der Waals surface area contributed by atoms with E-state index in [2.05, 4.69) is 43.3 Å². The lowest BCUT2D eigenvalue weighted by atomic mass is 9.88. The van der Waals surface area contributed by atoms with Crippen LogP contribution in [0.1, 0.15) is 69.2 Å². The van der Waals surface area contributed by atoms with Crippen molar-refractivity contribution in [2.45, 2.75) is 72.6 Å². The van der Waals surface area contributed by atoms with E-state index in [0.717, 1.165) is 23.5 Å². The molecule has 0 saturated carbocycles. The van der Waals surface area contributed by atoms with Crippen molar-refractivity contribution < 1.29 is 14.3 Å². The number of rotatable bonds is 11. The quantitative estimate of drug-likeness (QED) is 0.297. The molecule has 3 rings (SSSR count). The smallest absolute Gasteiger partial charge is 0.219 e. The van der Waals surface area contributed by atoms with Gasteiger partial charge in [-0.15, -0.1) is 0 Å². The summed E-state index contributed by atoms with van der Waals surface area (Å²) in [5.74, 6) is 1.99. The van der Waals surface area contributed by atoms with E-state index in [1.54, 1.807) is 6.92 Å². The summed E-state index contributed by atoms with van der Waals surface area (Å²) < 4.78 is 11.6. The fraction of sp³-hybridized carbons (Fsp3) is 0.387. The molecule has 0 aliphatic heterocycles. The van der Waals surface area contributed by atoms with Crippen molar-refractivity contribution >= 4 is 5.91 Å². The molecule has 0 aromatic heterocycles. The van der Waals surface area contributed by atoms with E-state index in [4.69, 9.17) is 9.47 Å². The molecule has 0 aliphatic carbocycles. The van der Waals surface area contributed by atoms with Crippen molar-refractivity contribution in [1.29, 1.82) is 0 Å². The lowest BCUT2D eigenvalue weighted by Crippen LogP contribution is -2.30. The van der Waals surface area contributed by atoms with Gasteiger partial charge in [0.05, 0.1) is 12.2 Å². The van der Waals surface area contributed by atoms with E-state index in [-0.39, 0.29) is 24.0 Å². The monoisotopic (exact) mass is 473 g/mol. The van der Waals surface area contributed by atoms with Gasteiger partial charge in [0.25, 0.3) is 0 Å². The summed E-state index contributed by atoms with van der Waals surface area (Å²) in [7, 11) is 0. The van der Waals surface area contributed by atoms with Crippen LogP contribution in [0.4, 0.5) is 0 Å². The Bertz CT molecular complexity index is 1050. The van der Waals surface area contributed by atoms with Gasteiger partial charge in [0.15, 0.2) is 0 Å². The number of carbonyl (C=O) groups is 1. The Balaban J connectivity index is 1.76. The zero-order valence-corrected chi connectivity index (χ0v) is 22.0. The number of carbonyl (C=O) groups excluding carboxylic acids is 1. The highest BCUT2D eigenvalue weighted by molar-refractivity contribution is 5.73. The van der Waals surface area contributed by atoms with Gasteiger partial charge in [-0.1, -0.05) is 54.1 Å². The van der Waals surface area contributed by atoms with Crippen molar-refractivity contribution in [2.24, 2.45) is 0 Å². The van der Waals surface area contributed by atoms with Crippen LogP contribution in [0.2, 0.25) is 0 Å². The molecule has 1 amide bonds. The molecule has 35 heavy (non-hydrogen) atoms. The maximum absolute atomic E-state index is 12.5. The van der Waals surface area contributed by atoms with Gasteiger partial charge in [0.2, 0.25) is 5.91 Å². The highest BCUT2D eigenvalue weighted by atomic mass is 16.5. The molecule has 186 valence electrons. The molecular formula is C31H39NO3. The lowest BCUT2D eigenvalue weighted by molar-refractivity contribution is -0.129. The Morgan fingerprint density at radius 3 is 1.66 bits per heavy atom. The molecule has 0 heterocycles. The maximum atomic E-state index is 12.5. The third-order valence-electron chi connectivity index (χ3n) is 5.94. The zero-order valence-electron chi connectivity index (χ0n) is 22.0. The van der Waals surface area contributed by atoms with Gasteiger partial charge in [-0.05, 0) is 82.0 Å². The number of nitrogens with zero attached hydrogens (tertiary/aromatic N) is 1. The van der Waals surface area contributed by atoms with Gasteiger partial charge in [-0.3, -0.25) is 4.79 Å². The van der Waals surface area contributed by atoms with Crippen LogP contribution < -0.4 is 9.47 Å². The van der Waals surface area contributed by atoms with Gasteiger partial charge >= 0.3 is 0 Å². The number of ether oxygens (including phenoxy) is 2. The third-order valence-corrected chi connectivity index (χ3v) is 5.94. The second-order valence-corrected chi connectivity index (χ2v) is 9.74. The van der Waals surface area contributed by atoms with Gasteiger partial charge in [-0.25, -0.2) is 0 Å². The Morgan fingerprint density at radius 1 is 0.743 bits per heavy atom. The second-order valence-electron chi connectivity index (χ2n) is 9.74. The van der Waals surface area contributed by atoms with Gasteiger partial charge in [0.1, 0.15) is 11.5 Å². The molecular weight excluding hydrogens is 434 g/mol. The van der Waals surface area contributed by atoms with Gasteiger partial charge in [-0.2, -0.15) is 0 Å².